The smallest absolute Gasteiger partial charge is 0.335 e. The number of aromatic nitrogens is 1. The second kappa shape index (κ2) is 10.5. The summed E-state index contributed by atoms with van der Waals surface area (Å²) in [5, 5.41) is 12.4. The van der Waals surface area contributed by atoms with Crippen molar-refractivity contribution in [1.29, 1.82) is 0 Å². The van der Waals surface area contributed by atoms with E-state index < -0.39 is 19.0 Å². The van der Waals surface area contributed by atoms with Crippen LogP contribution in [0.15, 0.2) is 42.6 Å². The minimum atomic E-state index is -2.51. The molecule has 2 heterocycles. The molecule has 1 aliphatic rings. The van der Waals surface area contributed by atoms with Gasteiger partial charge in [0.2, 0.25) is 0 Å². The van der Waals surface area contributed by atoms with Crippen molar-refractivity contribution in [3.8, 4) is 5.75 Å². The topological polar surface area (TPSA) is 86.8 Å². The van der Waals surface area contributed by atoms with Crippen molar-refractivity contribution in [3.63, 3.8) is 0 Å². The van der Waals surface area contributed by atoms with E-state index in [0.717, 1.165) is 33.3 Å². The van der Waals surface area contributed by atoms with E-state index in [1.807, 2.05) is 25.3 Å². The largest absolute Gasteiger partial charge is 0.496 e. The Morgan fingerprint density at radius 2 is 2.06 bits per heavy atom. The van der Waals surface area contributed by atoms with Crippen molar-refractivity contribution in [1.82, 2.24) is 15.4 Å². The zero-order chi connectivity index (χ0) is 24.2. The van der Waals surface area contributed by atoms with E-state index in [0.29, 0.717) is 25.9 Å². The number of H-pyrrole nitrogens is 1. The quantitative estimate of drug-likeness (QED) is 0.419. The Labute approximate surface area is 196 Å². The number of aryl methyl sites for hydroxylation is 1. The molecule has 0 spiro atoms. The fraction of sp³-hybridized carbons (Fsp3) is 0.400. The monoisotopic (exact) mass is 473 g/mol. The number of carboxylic acids is 1. The zero-order valence-corrected chi connectivity index (χ0v) is 19.2. The van der Waals surface area contributed by atoms with Gasteiger partial charge in [0.05, 0.1) is 24.8 Å². The van der Waals surface area contributed by atoms with Gasteiger partial charge < -0.3 is 19.6 Å². The molecule has 34 heavy (non-hydrogen) atoms. The van der Waals surface area contributed by atoms with Crippen LogP contribution in [0.1, 0.15) is 45.9 Å². The Balaban J connectivity index is 1.57. The molecule has 3 aromatic rings. The lowest BCUT2D eigenvalue weighted by Crippen LogP contribution is -2.47. The van der Waals surface area contributed by atoms with Crippen molar-refractivity contribution >= 4 is 16.9 Å². The lowest BCUT2D eigenvalue weighted by atomic mass is 9.94. The van der Waals surface area contributed by atoms with Crippen LogP contribution in [-0.2, 0) is 11.3 Å². The first-order chi connectivity index (χ1) is 16.4. The minimum Gasteiger partial charge on any atom is -0.496 e. The summed E-state index contributed by atoms with van der Waals surface area (Å²) in [7, 11) is 1.65. The summed E-state index contributed by atoms with van der Waals surface area (Å²) in [6, 6.07) is 10.5. The molecule has 7 nitrogen and oxygen atoms in total. The number of aromatic amines is 1. The molecule has 0 radical (unpaired) electrons. The zero-order valence-electron chi connectivity index (χ0n) is 19.2. The number of carbonyl (C=O) groups is 1. The fourth-order valence-corrected chi connectivity index (χ4v) is 4.63. The molecule has 3 N–H and O–H groups in total. The van der Waals surface area contributed by atoms with Gasteiger partial charge in [0, 0.05) is 35.8 Å². The average Bonchev–Trinajstić information content (AvgIpc) is 3.33. The van der Waals surface area contributed by atoms with Crippen LogP contribution in [0, 0.1) is 6.92 Å². The van der Waals surface area contributed by atoms with Crippen LogP contribution in [0.5, 0.6) is 5.75 Å². The summed E-state index contributed by atoms with van der Waals surface area (Å²) < 4.78 is 36.5. The van der Waals surface area contributed by atoms with E-state index in [4.69, 9.17) is 9.47 Å². The van der Waals surface area contributed by atoms with Gasteiger partial charge in [-0.15, -0.1) is 0 Å². The Morgan fingerprint density at radius 1 is 1.29 bits per heavy atom. The van der Waals surface area contributed by atoms with Gasteiger partial charge in [-0.2, -0.15) is 0 Å². The van der Waals surface area contributed by atoms with Gasteiger partial charge in [-0.1, -0.05) is 12.1 Å². The summed E-state index contributed by atoms with van der Waals surface area (Å²) in [5.41, 5.74) is 7.76. The average molecular weight is 474 g/mol. The number of halogens is 2. The van der Waals surface area contributed by atoms with Crippen LogP contribution in [0.2, 0.25) is 0 Å². The molecule has 2 aromatic carbocycles. The summed E-state index contributed by atoms with van der Waals surface area (Å²) >= 11 is 0. The summed E-state index contributed by atoms with van der Waals surface area (Å²) in [6.45, 7) is 2.53. The number of hydrogen-bond donors (Lipinski definition) is 3. The normalized spacial score (nSPS) is 19.1. The molecule has 1 fully saturated rings. The number of hydrogen-bond acceptors (Lipinski definition) is 5. The number of rotatable bonds is 9. The molecule has 0 bridgehead atoms. The highest BCUT2D eigenvalue weighted by Crippen LogP contribution is 2.34. The first-order valence-corrected chi connectivity index (χ1v) is 11.2. The molecular weight excluding hydrogens is 444 g/mol. The Bertz CT molecular complexity index is 1130. The molecule has 1 aliphatic heterocycles. The van der Waals surface area contributed by atoms with E-state index in [1.54, 1.807) is 31.4 Å². The second-order valence-electron chi connectivity index (χ2n) is 8.48. The highest BCUT2D eigenvalue weighted by Gasteiger charge is 2.31. The standard InChI is InChI=1S/C25H29F2N3O4/c1-15-11-22(33-2)20(19-7-9-28-24(15)19)13-29-30-10-8-18(34-14-23(26)27)12-21(30)16-3-5-17(6-4-16)25(31)32/h3-7,9,11,18,21,23,28-29H,8,10,12-14H2,1-2H3,(H,31,32)/t18-,21+/m1/s1. The third kappa shape index (κ3) is 5.22. The van der Waals surface area contributed by atoms with Crippen molar-refractivity contribution < 1.29 is 28.2 Å². The van der Waals surface area contributed by atoms with Gasteiger partial charge in [0.15, 0.2) is 0 Å². The number of fused-ring (bicyclic) bond motifs is 1. The number of nitrogens with one attached hydrogen (secondary N) is 2. The molecule has 2 atom stereocenters. The Morgan fingerprint density at radius 3 is 2.74 bits per heavy atom. The molecule has 182 valence electrons. The van der Waals surface area contributed by atoms with Crippen LogP contribution >= 0.6 is 0 Å². The van der Waals surface area contributed by atoms with Crippen molar-refractivity contribution in [2.75, 3.05) is 20.3 Å². The minimum absolute atomic E-state index is 0.169. The molecule has 0 saturated carbocycles. The molecule has 1 aromatic heterocycles. The summed E-state index contributed by atoms with van der Waals surface area (Å²) in [6.07, 6.45) is 0.202. The van der Waals surface area contributed by atoms with Crippen LogP contribution in [-0.4, -0.2) is 53.9 Å². The van der Waals surface area contributed by atoms with E-state index >= 15 is 0 Å². The van der Waals surface area contributed by atoms with Crippen LogP contribution in [0.3, 0.4) is 0 Å². The Hall–Kier alpha value is -3.01. The van der Waals surface area contributed by atoms with E-state index in [1.165, 1.54) is 0 Å². The number of ether oxygens (including phenoxy) is 2. The predicted octanol–water partition coefficient (Wildman–Crippen LogP) is 4.68. The van der Waals surface area contributed by atoms with Crippen LogP contribution < -0.4 is 10.2 Å². The first-order valence-electron chi connectivity index (χ1n) is 11.2. The van der Waals surface area contributed by atoms with Gasteiger partial charge in [-0.25, -0.2) is 18.6 Å². The summed E-state index contributed by atoms with van der Waals surface area (Å²) in [4.78, 5) is 14.5. The summed E-state index contributed by atoms with van der Waals surface area (Å²) in [5.74, 6) is -0.208. The van der Waals surface area contributed by atoms with Crippen LogP contribution in [0.4, 0.5) is 8.78 Å². The molecule has 1 saturated heterocycles. The fourth-order valence-electron chi connectivity index (χ4n) is 4.63. The first kappa shape index (κ1) is 24.1. The highest BCUT2D eigenvalue weighted by atomic mass is 19.3. The van der Waals surface area contributed by atoms with Gasteiger partial charge in [-0.05, 0) is 55.2 Å². The predicted molar refractivity (Wildman–Crippen MR) is 124 cm³/mol. The molecule has 9 heteroatoms. The van der Waals surface area contributed by atoms with E-state index in [9.17, 15) is 18.7 Å². The number of methoxy groups -OCH3 is 1. The molecule has 0 aliphatic carbocycles. The van der Waals surface area contributed by atoms with Gasteiger partial charge in [0.1, 0.15) is 12.4 Å². The lowest BCUT2D eigenvalue weighted by molar-refractivity contribution is -0.0686. The second-order valence-corrected chi connectivity index (χ2v) is 8.48. The SMILES string of the molecule is COc1cc(C)c2[nH]ccc2c1CNN1CC[C@@H](OCC(F)F)C[C@H]1c1ccc(C(=O)O)cc1. The maximum absolute atomic E-state index is 12.7. The molecule has 4 rings (SSSR count). The maximum atomic E-state index is 12.7. The van der Waals surface area contributed by atoms with E-state index in [2.05, 4.69) is 15.4 Å². The number of aromatic carboxylic acids is 1. The highest BCUT2D eigenvalue weighted by molar-refractivity contribution is 5.88. The number of nitrogens with zero attached hydrogens (tertiary/aromatic N) is 1. The molecule has 0 amide bonds. The van der Waals surface area contributed by atoms with Gasteiger partial charge in [0.25, 0.3) is 6.43 Å². The third-order valence-corrected chi connectivity index (χ3v) is 6.35. The third-order valence-electron chi connectivity index (χ3n) is 6.35. The number of piperidine rings is 1. The Kier molecular flexibility index (Phi) is 7.45. The molecular formula is C25H29F2N3O4. The van der Waals surface area contributed by atoms with E-state index in [-0.39, 0.29) is 17.7 Å². The molecule has 0 unspecified atom stereocenters. The number of carboxylic acid groups (broad SMARTS) is 1. The number of alkyl halides is 2. The number of hydrazine groups is 1. The lowest BCUT2D eigenvalue weighted by Gasteiger charge is -2.40. The van der Waals surface area contributed by atoms with Crippen LogP contribution in [0.25, 0.3) is 10.9 Å². The van der Waals surface area contributed by atoms with Crippen molar-refractivity contribution in [2.24, 2.45) is 0 Å². The van der Waals surface area contributed by atoms with Crippen molar-refractivity contribution in [3.05, 3.63) is 64.8 Å². The van der Waals surface area contributed by atoms with Gasteiger partial charge >= 0.3 is 5.97 Å². The van der Waals surface area contributed by atoms with Gasteiger partial charge in [-0.3, -0.25) is 5.43 Å². The number of benzene rings is 2. The maximum Gasteiger partial charge on any atom is 0.335 e. The van der Waals surface area contributed by atoms with Crippen molar-refractivity contribution in [2.45, 2.75) is 44.9 Å².